The van der Waals surface area contributed by atoms with Crippen LogP contribution in [0.1, 0.15) is 41.0 Å². The highest BCUT2D eigenvalue weighted by molar-refractivity contribution is 9.10. The number of aromatic amines is 1. The SMILES string of the molecule is Cc1ccc(C(=O)NC2(c3ncn[nH]3)CCC2)cc1Br. The van der Waals surface area contributed by atoms with E-state index in [-0.39, 0.29) is 11.4 Å². The van der Waals surface area contributed by atoms with E-state index in [1.165, 1.54) is 6.33 Å². The summed E-state index contributed by atoms with van der Waals surface area (Å²) < 4.78 is 0.937. The Bertz CT molecular complexity index is 635. The van der Waals surface area contributed by atoms with E-state index in [1.54, 1.807) is 0 Å². The second-order valence-electron chi connectivity index (χ2n) is 5.19. The van der Waals surface area contributed by atoms with Crippen LogP contribution < -0.4 is 5.32 Å². The van der Waals surface area contributed by atoms with Crippen LogP contribution in [0.3, 0.4) is 0 Å². The number of H-pyrrole nitrogens is 1. The molecule has 0 unspecified atom stereocenters. The van der Waals surface area contributed by atoms with Gasteiger partial charge >= 0.3 is 0 Å². The van der Waals surface area contributed by atoms with Gasteiger partial charge in [-0.15, -0.1) is 0 Å². The normalized spacial score (nSPS) is 16.5. The average molecular weight is 335 g/mol. The van der Waals surface area contributed by atoms with Crippen LogP contribution in [0.25, 0.3) is 0 Å². The molecule has 0 radical (unpaired) electrons. The Morgan fingerprint density at radius 2 is 2.25 bits per heavy atom. The van der Waals surface area contributed by atoms with E-state index >= 15 is 0 Å². The third-order valence-electron chi connectivity index (χ3n) is 3.86. The summed E-state index contributed by atoms with van der Waals surface area (Å²) in [5, 5.41) is 9.85. The quantitative estimate of drug-likeness (QED) is 0.906. The van der Waals surface area contributed by atoms with Crippen molar-refractivity contribution in [2.45, 2.75) is 31.7 Å². The van der Waals surface area contributed by atoms with E-state index in [9.17, 15) is 4.79 Å². The highest BCUT2D eigenvalue weighted by Crippen LogP contribution is 2.39. The predicted molar refractivity (Wildman–Crippen MR) is 78.3 cm³/mol. The summed E-state index contributed by atoms with van der Waals surface area (Å²) in [6.07, 6.45) is 4.34. The molecule has 0 saturated heterocycles. The van der Waals surface area contributed by atoms with Gasteiger partial charge in [0, 0.05) is 10.0 Å². The fourth-order valence-electron chi connectivity index (χ4n) is 2.41. The summed E-state index contributed by atoms with van der Waals surface area (Å²) in [7, 11) is 0. The van der Waals surface area contributed by atoms with Gasteiger partial charge in [0.05, 0.1) is 5.54 Å². The third kappa shape index (κ3) is 2.24. The number of aromatic nitrogens is 3. The highest BCUT2D eigenvalue weighted by Gasteiger charge is 2.42. The molecule has 0 spiro atoms. The maximum Gasteiger partial charge on any atom is 0.252 e. The molecule has 104 valence electrons. The molecule has 5 nitrogen and oxygen atoms in total. The first-order chi connectivity index (χ1) is 9.61. The lowest BCUT2D eigenvalue weighted by Gasteiger charge is -2.40. The van der Waals surface area contributed by atoms with Crippen molar-refractivity contribution in [3.8, 4) is 0 Å². The first-order valence-electron chi connectivity index (χ1n) is 6.55. The smallest absolute Gasteiger partial charge is 0.252 e. The number of amides is 1. The van der Waals surface area contributed by atoms with Crippen molar-refractivity contribution in [2.75, 3.05) is 0 Å². The fourth-order valence-corrected chi connectivity index (χ4v) is 2.79. The van der Waals surface area contributed by atoms with Crippen molar-refractivity contribution in [3.63, 3.8) is 0 Å². The van der Waals surface area contributed by atoms with Crippen LogP contribution in [0.2, 0.25) is 0 Å². The Morgan fingerprint density at radius 1 is 1.45 bits per heavy atom. The molecule has 1 aromatic heterocycles. The molecule has 1 aromatic carbocycles. The molecule has 1 fully saturated rings. The minimum atomic E-state index is -0.384. The third-order valence-corrected chi connectivity index (χ3v) is 4.72. The molecular formula is C14H15BrN4O. The van der Waals surface area contributed by atoms with Gasteiger partial charge in [0.2, 0.25) is 0 Å². The molecule has 1 saturated carbocycles. The molecule has 2 aromatic rings. The van der Waals surface area contributed by atoms with Gasteiger partial charge in [-0.3, -0.25) is 9.89 Å². The number of carbonyl (C=O) groups is 1. The van der Waals surface area contributed by atoms with Crippen molar-refractivity contribution in [3.05, 3.63) is 46.0 Å². The van der Waals surface area contributed by atoms with Crippen molar-refractivity contribution < 1.29 is 4.79 Å². The number of aryl methyl sites for hydroxylation is 1. The second kappa shape index (κ2) is 5.01. The monoisotopic (exact) mass is 334 g/mol. The highest BCUT2D eigenvalue weighted by atomic mass is 79.9. The van der Waals surface area contributed by atoms with Gasteiger partial charge in [-0.1, -0.05) is 22.0 Å². The summed E-state index contributed by atoms with van der Waals surface area (Å²) in [6, 6.07) is 5.61. The van der Waals surface area contributed by atoms with Crippen LogP contribution in [-0.2, 0) is 5.54 Å². The van der Waals surface area contributed by atoms with Crippen molar-refractivity contribution in [1.29, 1.82) is 0 Å². The number of benzene rings is 1. The molecule has 1 heterocycles. The number of hydrogen-bond acceptors (Lipinski definition) is 3. The fraction of sp³-hybridized carbons (Fsp3) is 0.357. The van der Waals surface area contributed by atoms with Crippen molar-refractivity contribution >= 4 is 21.8 Å². The first kappa shape index (κ1) is 13.3. The van der Waals surface area contributed by atoms with E-state index in [0.717, 1.165) is 35.1 Å². The van der Waals surface area contributed by atoms with Crippen LogP contribution in [0.5, 0.6) is 0 Å². The molecule has 0 aliphatic heterocycles. The van der Waals surface area contributed by atoms with E-state index in [0.29, 0.717) is 5.56 Å². The number of nitrogens with zero attached hydrogens (tertiary/aromatic N) is 2. The van der Waals surface area contributed by atoms with Gasteiger partial charge in [-0.05, 0) is 43.9 Å². The lowest BCUT2D eigenvalue weighted by atomic mass is 9.76. The molecule has 0 atom stereocenters. The van der Waals surface area contributed by atoms with Crippen LogP contribution in [0.4, 0.5) is 0 Å². The molecule has 1 amide bonds. The maximum absolute atomic E-state index is 12.4. The Morgan fingerprint density at radius 3 is 2.80 bits per heavy atom. The summed E-state index contributed by atoms with van der Waals surface area (Å²) >= 11 is 3.46. The molecule has 1 aliphatic rings. The molecule has 6 heteroatoms. The zero-order valence-corrected chi connectivity index (χ0v) is 12.7. The summed E-state index contributed by atoms with van der Waals surface area (Å²) in [4.78, 5) is 16.6. The Labute approximate surface area is 125 Å². The summed E-state index contributed by atoms with van der Waals surface area (Å²) in [5.41, 5.74) is 1.37. The summed E-state index contributed by atoms with van der Waals surface area (Å²) in [6.45, 7) is 1.99. The number of hydrogen-bond donors (Lipinski definition) is 2. The maximum atomic E-state index is 12.4. The van der Waals surface area contributed by atoms with Gasteiger partial charge in [-0.25, -0.2) is 4.98 Å². The number of halogens is 1. The zero-order valence-electron chi connectivity index (χ0n) is 11.1. The average Bonchev–Trinajstić information content (AvgIpc) is 2.91. The predicted octanol–water partition coefficient (Wildman–Crippen LogP) is 2.68. The molecule has 0 bridgehead atoms. The molecule has 3 rings (SSSR count). The van der Waals surface area contributed by atoms with Gasteiger partial charge in [0.25, 0.3) is 5.91 Å². The number of carbonyl (C=O) groups excluding carboxylic acids is 1. The lowest BCUT2D eigenvalue weighted by molar-refractivity contribution is 0.0809. The van der Waals surface area contributed by atoms with Crippen LogP contribution >= 0.6 is 15.9 Å². The number of nitrogens with one attached hydrogen (secondary N) is 2. The molecular weight excluding hydrogens is 320 g/mol. The van der Waals surface area contributed by atoms with Gasteiger partial charge < -0.3 is 5.32 Å². The zero-order chi connectivity index (χ0) is 14.2. The molecule has 2 N–H and O–H groups in total. The van der Waals surface area contributed by atoms with E-state index < -0.39 is 0 Å². The van der Waals surface area contributed by atoms with Gasteiger partial charge in [0.15, 0.2) is 0 Å². The lowest BCUT2D eigenvalue weighted by Crippen LogP contribution is -2.51. The summed E-state index contributed by atoms with van der Waals surface area (Å²) in [5.74, 6) is 0.657. The molecule has 20 heavy (non-hydrogen) atoms. The molecule has 1 aliphatic carbocycles. The van der Waals surface area contributed by atoms with Crippen LogP contribution in [0.15, 0.2) is 29.0 Å². The largest absolute Gasteiger partial charge is 0.339 e. The van der Waals surface area contributed by atoms with Crippen LogP contribution in [0, 0.1) is 6.92 Å². The van der Waals surface area contributed by atoms with Crippen molar-refractivity contribution in [1.82, 2.24) is 20.5 Å². The van der Waals surface area contributed by atoms with Crippen molar-refractivity contribution in [2.24, 2.45) is 0 Å². The van der Waals surface area contributed by atoms with Gasteiger partial charge in [0.1, 0.15) is 12.2 Å². The van der Waals surface area contributed by atoms with E-state index in [1.807, 2.05) is 25.1 Å². The Balaban J connectivity index is 1.83. The second-order valence-corrected chi connectivity index (χ2v) is 6.04. The first-order valence-corrected chi connectivity index (χ1v) is 7.34. The van der Waals surface area contributed by atoms with E-state index in [4.69, 9.17) is 0 Å². The van der Waals surface area contributed by atoms with E-state index in [2.05, 4.69) is 36.4 Å². The topological polar surface area (TPSA) is 70.7 Å². The van der Waals surface area contributed by atoms with Crippen LogP contribution in [-0.4, -0.2) is 21.1 Å². The Hall–Kier alpha value is -1.69. The van der Waals surface area contributed by atoms with Gasteiger partial charge in [-0.2, -0.15) is 5.10 Å². The minimum absolute atomic E-state index is 0.0817. The minimum Gasteiger partial charge on any atom is -0.339 e. The standard InChI is InChI=1S/C14H15BrN4O/c1-9-3-4-10(7-11(9)15)12(20)18-14(5-2-6-14)13-16-8-17-19-13/h3-4,7-8H,2,5-6H2,1H3,(H,18,20)(H,16,17,19). The number of rotatable bonds is 3. The Kier molecular flexibility index (Phi) is 3.33.